The van der Waals surface area contributed by atoms with Gasteiger partial charge in [-0.05, 0) is 69.1 Å². The molecule has 0 spiro atoms. The van der Waals surface area contributed by atoms with Crippen LogP contribution in [0, 0.1) is 23.7 Å². The quantitative estimate of drug-likeness (QED) is 0.296. The molecule has 24 heavy (non-hydrogen) atoms. The van der Waals surface area contributed by atoms with Crippen molar-refractivity contribution in [2.24, 2.45) is 23.7 Å². The molecule has 0 aliphatic heterocycles. The lowest BCUT2D eigenvalue weighted by Crippen LogP contribution is -2.25. The van der Waals surface area contributed by atoms with Crippen LogP contribution in [0.5, 0.6) is 0 Å². The van der Waals surface area contributed by atoms with E-state index in [2.05, 4.69) is 13.0 Å². The molecule has 0 unspecified atom stereocenters. The molecule has 2 saturated carbocycles. The maximum absolute atomic E-state index is 11.4. The summed E-state index contributed by atoms with van der Waals surface area (Å²) in [5.41, 5.74) is 0. The lowest BCUT2D eigenvalue weighted by molar-refractivity contribution is -0.137. The maximum Gasteiger partial charge on any atom is 0.330 e. The Morgan fingerprint density at radius 3 is 2.12 bits per heavy atom. The van der Waals surface area contributed by atoms with E-state index in [0.717, 1.165) is 17.8 Å². The molecule has 0 aromatic rings. The SMILES string of the molecule is CCCCCC1CCC(C2CCC(C=CC(=O)OCC)CC2)CC1. The first-order valence-corrected chi connectivity index (χ1v) is 10.6. The molecule has 2 aliphatic carbocycles. The van der Waals surface area contributed by atoms with E-state index in [9.17, 15) is 4.79 Å². The molecule has 0 radical (unpaired) electrons. The first kappa shape index (κ1) is 19.5. The monoisotopic (exact) mass is 334 g/mol. The van der Waals surface area contributed by atoms with Crippen molar-refractivity contribution in [2.45, 2.75) is 90.9 Å². The van der Waals surface area contributed by atoms with Crippen molar-refractivity contribution < 1.29 is 9.53 Å². The molecule has 0 aromatic heterocycles. The minimum atomic E-state index is -0.180. The van der Waals surface area contributed by atoms with Crippen molar-refractivity contribution in [3.63, 3.8) is 0 Å². The first-order valence-electron chi connectivity index (χ1n) is 10.6. The predicted molar refractivity (Wildman–Crippen MR) is 101 cm³/mol. The molecule has 0 atom stereocenters. The van der Waals surface area contributed by atoms with E-state index in [1.54, 1.807) is 6.08 Å². The number of carbonyl (C=O) groups is 1. The molecule has 2 aliphatic rings. The molecule has 2 heteroatoms. The predicted octanol–water partition coefficient (Wildman–Crippen LogP) is 6.30. The summed E-state index contributed by atoms with van der Waals surface area (Å²) in [7, 11) is 0. The maximum atomic E-state index is 11.4. The lowest BCUT2D eigenvalue weighted by atomic mass is 9.68. The zero-order valence-electron chi connectivity index (χ0n) is 16.0. The summed E-state index contributed by atoms with van der Waals surface area (Å²) >= 11 is 0. The van der Waals surface area contributed by atoms with E-state index >= 15 is 0 Å². The average Bonchev–Trinajstić information content (AvgIpc) is 2.62. The third-order valence-electron chi connectivity index (χ3n) is 6.38. The van der Waals surface area contributed by atoms with Crippen molar-refractivity contribution >= 4 is 5.97 Å². The highest BCUT2D eigenvalue weighted by atomic mass is 16.5. The summed E-state index contributed by atoms with van der Waals surface area (Å²) < 4.78 is 4.97. The van der Waals surface area contributed by atoms with Crippen LogP contribution < -0.4 is 0 Å². The van der Waals surface area contributed by atoms with E-state index in [0.29, 0.717) is 12.5 Å². The van der Waals surface area contributed by atoms with E-state index in [1.807, 2.05) is 6.92 Å². The Labute approximate surface area is 149 Å². The summed E-state index contributed by atoms with van der Waals surface area (Å²) in [6.07, 6.45) is 20.6. The molecule has 0 N–H and O–H groups in total. The van der Waals surface area contributed by atoms with Gasteiger partial charge in [-0.3, -0.25) is 0 Å². The number of allylic oxidation sites excluding steroid dienone is 1. The molecular formula is C22H38O2. The number of ether oxygens (including phenoxy) is 1. The van der Waals surface area contributed by atoms with Gasteiger partial charge in [0.1, 0.15) is 0 Å². The largest absolute Gasteiger partial charge is 0.463 e. The number of hydrogen-bond donors (Lipinski definition) is 0. The summed E-state index contributed by atoms with van der Waals surface area (Å²) in [6.45, 7) is 4.63. The van der Waals surface area contributed by atoms with Crippen LogP contribution in [0.1, 0.15) is 90.9 Å². The first-order chi connectivity index (χ1) is 11.7. The van der Waals surface area contributed by atoms with Gasteiger partial charge in [0.15, 0.2) is 0 Å². The van der Waals surface area contributed by atoms with E-state index in [4.69, 9.17) is 4.74 Å². The Balaban J connectivity index is 1.64. The standard InChI is InChI=1S/C22H38O2/c1-3-5-6-7-18-8-13-20(14-9-18)21-15-10-19(11-16-21)12-17-22(23)24-4-2/h12,17-21H,3-11,13-16H2,1-2H3. The lowest BCUT2D eigenvalue weighted by Gasteiger charge is -2.37. The van der Waals surface area contributed by atoms with Gasteiger partial charge in [0.25, 0.3) is 0 Å². The molecule has 0 amide bonds. The van der Waals surface area contributed by atoms with Crippen molar-refractivity contribution in [3.05, 3.63) is 12.2 Å². The van der Waals surface area contributed by atoms with Crippen LogP contribution in [0.2, 0.25) is 0 Å². The van der Waals surface area contributed by atoms with E-state index in [-0.39, 0.29) is 5.97 Å². The molecule has 0 aromatic carbocycles. The Morgan fingerprint density at radius 2 is 1.54 bits per heavy atom. The number of esters is 1. The average molecular weight is 335 g/mol. The molecule has 0 heterocycles. The van der Waals surface area contributed by atoms with Crippen LogP contribution in [0.25, 0.3) is 0 Å². The van der Waals surface area contributed by atoms with Crippen molar-refractivity contribution in [1.29, 1.82) is 0 Å². The second-order valence-electron chi connectivity index (χ2n) is 8.06. The molecule has 2 fully saturated rings. The van der Waals surface area contributed by atoms with Crippen LogP contribution in [-0.2, 0) is 9.53 Å². The van der Waals surface area contributed by atoms with E-state index in [1.165, 1.54) is 77.0 Å². The van der Waals surface area contributed by atoms with Crippen LogP contribution in [0.3, 0.4) is 0 Å². The summed E-state index contributed by atoms with van der Waals surface area (Å²) in [4.78, 5) is 11.4. The van der Waals surface area contributed by atoms with Gasteiger partial charge in [-0.15, -0.1) is 0 Å². The zero-order valence-corrected chi connectivity index (χ0v) is 16.0. The fraction of sp³-hybridized carbons (Fsp3) is 0.864. The second-order valence-corrected chi connectivity index (χ2v) is 8.06. The zero-order chi connectivity index (χ0) is 17.2. The Hall–Kier alpha value is -0.790. The van der Waals surface area contributed by atoms with E-state index < -0.39 is 0 Å². The van der Waals surface area contributed by atoms with Crippen molar-refractivity contribution in [3.8, 4) is 0 Å². The van der Waals surface area contributed by atoms with Gasteiger partial charge in [-0.1, -0.05) is 51.5 Å². The molecular weight excluding hydrogens is 296 g/mol. The minimum absolute atomic E-state index is 0.180. The Kier molecular flexibility index (Phi) is 8.91. The molecule has 2 rings (SSSR count). The van der Waals surface area contributed by atoms with Crippen LogP contribution in [-0.4, -0.2) is 12.6 Å². The van der Waals surface area contributed by atoms with Gasteiger partial charge < -0.3 is 4.74 Å². The Bertz CT molecular complexity index is 371. The third kappa shape index (κ3) is 6.61. The van der Waals surface area contributed by atoms with Crippen molar-refractivity contribution in [1.82, 2.24) is 0 Å². The highest BCUT2D eigenvalue weighted by Crippen LogP contribution is 2.42. The van der Waals surface area contributed by atoms with Gasteiger partial charge in [0.05, 0.1) is 6.61 Å². The van der Waals surface area contributed by atoms with Crippen LogP contribution in [0.4, 0.5) is 0 Å². The summed E-state index contributed by atoms with van der Waals surface area (Å²) in [6, 6.07) is 0. The van der Waals surface area contributed by atoms with Gasteiger partial charge >= 0.3 is 5.97 Å². The summed E-state index contributed by atoms with van der Waals surface area (Å²) in [5, 5.41) is 0. The topological polar surface area (TPSA) is 26.3 Å². The van der Waals surface area contributed by atoms with Gasteiger partial charge in [0.2, 0.25) is 0 Å². The second kappa shape index (κ2) is 10.9. The molecule has 0 saturated heterocycles. The third-order valence-corrected chi connectivity index (χ3v) is 6.38. The highest BCUT2D eigenvalue weighted by molar-refractivity contribution is 5.81. The molecule has 138 valence electrons. The smallest absolute Gasteiger partial charge is 0.330 e. The number of rotatable bonds is 8. The van der Waals surface area contributed by atoms with Crippen molar-refractivity contribution in [2.75, 3.05) is 6.61 Å². The fourth-order valence-electron chi connectivity index (χ4n) is 4.85. The number of unbranched alkanes of at least 4 members (excludes halogenated alkanes) is 2. The summed E-state index contributed by atoms with van der Waals surface area (Å²) in [5.74, 6) is 3.38. The molecule has 2 nitrogen and oxygen atoms in total. The van der Waals surface area contributed by atoms with Crippen LogP contribution in [0.15, 0.2) is 12.2 Å². The Morgan fingerprint density at radius 1 is 0.917 bits per heavy atom. The number of hydrogen-bond acceptors (Lipinski definition) is 2. The van der Waals surface area contributed by atoms with Gasteiger partial charge in [0, 0.05) is 6.08 Å². The fourth-order valence-corrected chi connectivity index (χ4v) is 4.85. The van der Waals surface area contributed by atoms with Gasteiger partial charge in [-0.25, -0.2) is 4.79 Å². The van der Waals surface area contributed by atoms with Crippen LogP contribution >= 0.6 is 0 Å². The van der Waals surface area contributed by atoms with Gasteiger partial charge in [-0.2, -0.15) is 0 Å². The normalized spacial score (nSPS) is 31.2. The number of carbonyl (C=O) groups excluding carboxylic acids is 1. The minimum Gasteiger partial charge on any atom is -0.463 e. The molecule has 0 bridgehead atoms. The highest BCUT2D eigenvalue weighted by Gasteiger charge is 2.30.